The van der Waals surface area contributed by atoms with E-state index in [9.17, 15) is 14.4 Å². The molecule has 1 aliphatic carbocycles. The Morgan fingerprint density at radius 1 is 1.21 bits per heavy atom. The van der Waals surface area contributed by atoms with Crippen LogP contribution in [0.25, 0.3) is 11.1 Å². The van der Waals surface area contributed by atoms with Crippen molar-refractivity contribution in [3.63, 3.8) is 0 Å². The van der Waals surface area contributed by atoms with Crippen LogP contribution >= 0.6 is 23.1 Å². The molecule has 0 aromatic carbocycles. The molecule has 1 aliphatic heterocycles. The maximum absolute atomic E-state index is 12.6. The third-order valence-corrected chi connectivity index (χ3v) is 7.73. The van der Waals surface area contributed by atoms with Gasteiger partial charge in [0.1, 0.15) is 5.00 Å². The van der Waals surface area contributed by atoms with Crippen LogP contribution in [0.3, 0.4) is 0 Å². The molecule has 2 aromatic heterocycles. The summed E-state index contributed by atoms with van der Waals surface area (Å²) in [6.45, 7) is 3.95. The van der Waals surface area contributed by atoms with E-state index in [-0.39, 0.29) is 17.1 Å². The summed E-state index contributed by atoms with van der Waals surface area (Å²) in [6.07, 6.45) is 5.86. The molecule has 0 radical (unpaired) electrons. The first-order valence-corrected chi connectivity index (χ1v) is 11.1. The lowest BCUT2D eigenvalue weighted by Crippen LogP contribution is -2.22. The summed E-state index contributed by atoms with van der Waals surface area (Å²) in [4.78, 5) is 39.5. The number of carbonyl (C=O) groups is 3. The number of aromatic nitrogens is 1. The highest BCUT2D eigenvalue weighted by Crippen LogP contribution is 2.40. The summed E-state index contributed by atoms with van der Waals surface area (Å²) >= 11 is 2.60. The van der Waals surface area contributed by atoms with Crippen LogP contribution in [0.1, 0.15) is 50.6 Å². The molecule has 3 heterocycles. The van der Waals surface area contributed by atoms with Gasteiger partial charge in [0, 0.05) is 23.3 Å². The Morgan fingerprint density at radius 3 is 2.59 bits per heavy atom. The number of amides is 2. The van der Waals surface area contributed by atoms with E-state index < -0.39 is 0 Å². The van der Waals surface area contributed by atoms with Crippen molar-refractivity contribution in [1.29, 1.82) is 0 Å². The Labute approximate surface area is 177 Å². The normalized spacial score (nSPS) is 17.9. The number of fused-ring (bicyclic) bond motifs is 1. The molecular weight excluding hydrogens is 408 g/mol. The number of ether oxygens (including phenoxy) is 1. The molecule has 0 bridgehead atoms. The Bertz CT molecular complexity index is 1080. The SMILES string of the molecule is COC(=O)c1c(-n2c(C)cc(/C=C3/SC(=O)N(C)C3=O)c2C)sc2c1CCCC2. The van der Waals surface area contributed by atoms with Gasteiger partial charge in [-0.15, -0.1) is 11.3 Å². The van der Waals surface area contributed by atoms with Crippen LogP contribution in [-0.4, -0.2) is 40.7 Å². The quantitative estimate of drug-likeness (QED) is 0.530. The fourth-order valence-electron chi connectivity index (χ4n) is 3.95. The van der Waals surface area contributed by atoms with Gasteiger partial charge in [0.15, 0.2) is 0 Å². The van der Waals surface area contributed by atoms with Gasteiger partial charge in [-0.05, 0) is 74.6 Å². The van der Waals surface area contributed by atoms with Crippen molar-refractivity contribution >= 4 is 46.3 Å². The zero-order valence-electron chi connectivity index (χ0n) is 16.8. The van der Waals surface area contributed by atoms with E-state index in [1.54, 1.807) is 17.4 Å². The van der Waals surface area contributed by atoms with Gasteiger partial charge in [0.25, 0.3) is 11.1 Å². The van der Waals surface area contributed by atoms with E-state index >= 15 is 0 Å². The second-order valence-corrected chi connectivity index (χ2v) is 9.36. The molecule has 2 amide bonds. The van der Waals surface area contributed by atoms with Crippen LogP contribution in [0, 0.1) is 13.8 Å². The average Bonchev–Trinajstić information content (AvgIpc) is 3.29. The maximum atomic E-state index is 12.6. The lowest BCUT2D eigenvalue weighted by molar-refractivity contribution is -0.121. The molecule has 8 heteroatoms. The second-order valence-electron chi connectivity index (χ2n) is 7.29. The monoisotopic (exact) mass is 430 g/mol. The van der Waals surface area contributed by atoms with Gasteiger partial charge in [0.05, 0.1) is 17.6 Å². The Balaban J connectivity index is 1.84. The van der Waals surface area contributed by atoms with E-state index in [4.69, 9.17) is 4.74 Å². The molecular formula is C21H22N2O4S2. The molecule has 1 fully saturated rings. The van der Waals surface area contributed by atoms with Gasteiger partial charge in [0.2, 0.25) is 0 Å². The van der Waals surface area contributed by atoms with Crippen LogP contribution < -0.4 is 0 Å². The first-order valence-electron chi connectivity index (χ1n) is 9.47. The second kappa shape index (κ2) is 7.50. The summed E-state index contributed by atoms with van der Waals surface area (Å²) in [5.41, 5.74) is 4.53. The number of thiophene rings is 1. The number of nitrogens with zero attached hydrogens (tertiary/aromatic N) is 2. The zero-order chi connectivity index (χ0) is 20.9. The first-order chi connectivity index (χ1) is 13.8. The Kier molecular flexibility index (Phi) is 5.16. The number of rotatable bonds is 3. The summed E-state index contributed by atoms with van der Waals surface area (Å²) in [5, 5.41) is 0.607. The van der Waals surface area contributed by atoms with Crippen molar-refractivity contribution < 1.29 is 19.1 Å². The van der Waals surface area contributed by atoms with E-state index in [0.717, 1.165) is 69.9 Å². The third-order valence-electron chi connectivity index (χ3n) is 5.49. The molecule has 0 N–H and O–H groups in total. The fraction of sp³-hybridized carbons (Fsp3) is 0.381. The minimum Gasteiger partial charge on any atom is -0.465 e. The smallest absolute Gasteiger partial charge is 0.341 e. The summed E-state index contributed by atoms with van der Waals surface area (Å²) in [5.74, 6) is -0.591. The van der Waals surface area contributed by atoms with Gasteiger partial charge in [-0.2, -0.15) is 0 Å². The molecule has 2 aliphatic rings. The number of thioether (sulfide) groups is 1. The van der Waals surface area contributed by atoms with Crippen molar-refractivity contribution in [1.82, 2.24) is 9.47 Å². The van der Waals surface area contributed by atoms with Crippen LogP contribution in [0.15, 0.2) is 11.0 Å². The molecule has 0 saturated carbocycles. The predicted molar refractivity (Wildman–Crippen MR) is 115 cm³/mol. The zero-order valence-corrected chi connectivity index (χ0v) is 18.5. The summed E-state index contributed by atoms with van der Waals surface area (Å²) < 4.78 is 7.17. The highest BCUT2D eigenvalue weighted by atomic mass is 32.2. The van der Waals surface area contributed by atoms with Crippen LogP contribution in [-0.2, 0) is 22.4 Å². The Hall–Kier alpha value is -2.32. The minimum absolute atomic E-state index is 0.269. The minimum atomic E-state index is -0.305. The number of methoxy groups -OCH3 is 1. The van der Waals surface area contributed by atoms with Crippen LogP contribution in [0.5, 0.6) is 0 Å². The molecule has 0 spiro atoms. The van der Waals surface area contributed by atoms with Crippen molar-refractivity contribution in [3.05, 3.63) is 43.9 Å². The predicted octanol–water partition coefficient (Wildman–Crippen LogP) is 4.49. The Morgan fingerprint density at radius 2 is 1.93 bits per heavy atom. The standard InChI is InChI=1S/C21H22N2O4S2/c1-11-9-13(10-16-18(24)22(3)21(26)29-16)12(2)23(11)19-17(20(25)27-4)14-7-5-6-8-15(14)28-19/h9-10H,5-8H2,1-4H3/b16-10+. The van der Waals surface area contributed by atoms with E-state index in [1.165, 1.54) is 19.0 Å². The molecule has 0 unspecified atom stereocenters. The lowest BCUT2D eigenvalue weighted by Gasteiger charge is -2.12. The first kappa shape index (κ1) is 20.0. The van der Waals surface area contributed by atoms with Gasteiger partial charge < -0.3 is 9.30 Å². The van der Waals surface area contributed by atoms with Gasteiger partial charge in [-0.1, -0.05) is 0 Å². The molecule has 4 rings (SSSR count). The number of aryl methyl sites for hydroxylation is 2. The largest absolute Gasteiger partial charge is 0.465 e. The summed E-state index contributed by atoms with van der Waals surface area (Å²) in [7, 11) is 2.90. The van der Waals surface area contributed by atoms with Gasteiger partial charge in [-0.3, -0.25) is 14.5 Å². The van der Waals surface area contributed by atoms with Crippen molar-refractivity contribution in [2.45, 2.75) is 39.5 Å². The number of likely N-dealkylation sites (N-methyl/N-ethyl adjacent to an activating group) is 1. The molecule has 2 aromatic rings. The average molecular weight is 431 g/mol. The number of imide groups is 1. The summed E-state index contributed by atoms with van der Waals surface area (Å²) in [6, 6.07) is 1.98. The molecule has 1 saturated heterocycles. The molecule has 6 nitrogen and oxygen atoms in total. The third kappa shape index (κ3) is 3.24. The topological polar surface area (TPSA) is 68.6 Å². The highest BCUT2D eigenvalue weighted by Gasteiger charge is 2.33. The van der Waals surface area contributed by atoms with E-state index in [1.807, 2.05) is 19.9 Å². The van der Waals surface area contributed by atoms with Crippen LogP contribution in [0.2, 0.25) is 0 Å². The number of carbonyl (C=O) groups excluding carboxylic acids is 3. The van der Waals surface area contributed by atoms with E-state index in [2.05, 4.69) is 4.57 Å². The van der Waals surface area contributed by atoms with Crippen molar-refractivity contribution in [2.24, 2.45) is 0 Å². The fourth-order valence-corrected chi connectivity index (χ4v) is 6.26. The number of esters is 1. The maximum Gasteiger partial charge on any atom is 0.341 e. The van der Waals surface area contributed by atoms with Crippen molar-refractivity contribution in [2.75, 3.05) is 14.2 Å². The highest BCUT2D eigenvalue weighted by molar-refractivity contribution is 8.18. The molecule has 29 heavy (non-hydrogen) atoms. The van der Waals surface area contributed by atoms with Crippen molar-refractivity contribution in [3.8, 4) is 5.00 Å². The molecule has 0 atom stereocenters. The van der Waals surface area contributed by atoms with Gasteiger partial charge >= 0.3 is 5.97 Å². The van der Waals surface area contributed by atoms with Crippen LogP contribution in [0.4, 0.5) is 4.79 Å². The lowest BCUT2D eigenvalue weighted by atomic mass is 9.95. The van der Waals surface area contributed by atoms with Gasteiger partial charge in [-0.25, -0.2) is 4.79 Å². The number of hydrogen-bond acceptors (Lipinski definition) is 6. The van der Waals surface area contributed by atoms with E-state index in [0.29, 0.717) is 10.5 Å². The number of hydrogen-bond donors (Lipinski definition) is 0. The molecule has 152 valence electrons.